The normalized spacial score (nSPS) is 24.1. The van der Waals surface area contributed by atoms with Crippen LogP contribution in [-0.2, 0) is 4.79 Å². The zero-order chi connectivity index (χ0) is 15.3. The molecular weight excluding hydrogens is 302 g/mol. The van der Waals surface area contributed by atoms with E-state index in [4.69, 9.17) is 4.52 Å². The topological polar surface area (TPSA) is 66.7 Å². The molecule has 2 amide bonds. The molecule has 2 aromatic rings. The monoisotopic (exact) mass is 317 g/mol. The number of hydrogen-bond donors (Lipinski definition) is 0. The van der Waals surface area contributed by atoms with Gasteiger partial charge in [-0.3, -0.25) is 9.59 Å². The Labute approximate surface area is 131 Å². The quantitative estimate of drug-likeness (QED) is 0.850. The third kappa shape index (κ3) is 1.96. The second-order valence-electron chi connectivity index (χ2n) is 5.69. The number of carbonyl (C=O) groups is 2. The van der Waals surface area contributed by atoms with Crippen LogP contribution in [0.5, 0.6) is 0 Å². The van der Waals surface area contributed by atoms with Crippen molar-refractivity contribution in [1.82, 2.24) is 10.1 Å². The van der Waals surface area contributed by atoms with E-state index in [0.29, 0.717) is 24.4 Å². The Morgan fingerprint density at radius 1 is 1.45 bits per heavy atom. The zero-order valence-electron chi connectivity index (χ0n) is 12.1. The Morgan fingerprint density at radius 3 is 3.00 bits per heavy atom. The molecule has 4 heterocycles. The summed E-state index contributed by atoms with van der Waals surface area (Å²) < 4.78 is 4.98. The van der Waals surface area contributed by atoms with Crippen molar-refractivity contribution in [2.75, 3.05) is 11.4 Å². The summed E-state index contributed by atoms with van der Waals surface area (Å²) in [7, 11) is 0. The van der Waals surface area contributed by atoms with Crippen molar-refractivity contribution in [3.63, 3.8) is 0 Å². The number of aromatic nitrogens is 1. The van der Waals surface area contributed by atoms with E-state index in [1.54, 1.807) is 29.2 Å². The van der Waals surface area contributed by atoms with E-state index in [-0.39, 0.29) is 23.9 Å². The smallest absolute Gasteiger partial charge is 0.276 e. The molecule has 6 nitrogen and oxygen atoms in total. The molecular formula is C15H15N3O3S. The minimum atomic E-state index is -0.149. The fourth-order valence-electron chi connectivity index (χ4n) is 3.44. The van der Waals surface area contributed by atoms with E-state index in [2.05, 4.69) is 5.16 Å². The van der Waals surface area contributed by atoms with Crippen molar-refractivity contribution < 1.29 is 14.1 Å². The molecule has 2 atom stereocenters. The number of nitrogens with zero attached hydrogens (tertiary/aromatic N) is 3. The molecule has 114 valence electrons. The van der Waals surface area contributed by atoms with Gasteiger partial charge in [-0.1, -0.05) is 5.16 Å². The van der Waals surface area contributed by atoms with Crippen molar-refractivity contribution in [3.8, 4) is 0 Å². The van der Waals surface area contributed by atoms with Crippen LogP contribution in [0.25, 0.3) is 0 Å². The van der Waals surface area contributed by atoms with Crippen LogP contribution in [-0.4, -0.2) is 40.5 Å². The van der Waals surface area contributed by atoms with Gasteiger partial charge in [-0.2, -0.15) is 11.3 Å². The Morgan fingerprint density at radius 2 is 2.32 bits per heavy atom. The number of likely N-dealkylation sites (tertiary alicyclic amines) is 1. The molecule has 22 heavy (non-hydrogen) atoms. The van der Waals surface area contributed by atoms with Gasteiger partial charge in [0.15, 0.2) is 5.69 Å². The van der Waals surface area contributed by atoms with Gasteiger partial charge in [0.05, 0.1) is 17.8 Å². The van der Waals surface area contributed by atoms with Crippen molar-refractivity contribution in [3.05, 3.63) is 34.3 Å². The van der Waals surface area contributed by atoms with Crippen LogP contribution in [0, 0.1) is 6.92 Å². The average molecular weight is 317 g/mol. The van der Waals surface area contributed by atoms with Gasteiger partial charge in [-0.15, -0.1) is 0 Å². The van der Waals surface area contributed by atoms with Gasteiger partial charge >= 0.3 is 0 Å². The number of aryl methyl sites for hydroxylation is 1. The second-order valence-corrected chi connectivity index (χ2v) is 6.47. The number of fused-ring (bicyclic) bond motifs is 1. The van der Waals surface area contributed by atoms with Crippen LogP contribution in [0.3, 0.4) is 0 Å². The van der Waals surface area contributed by atoms with Gasteiger partial charge in [0, 0.05) is 24.4 Å². The third-order valence-electron chi connectivity index (χ3n) is 4.39. The van der Waals surface area contributed by atoms with Crippen LogP contribution in [0.2, 0.25) is 0 Å². The number of carbonyl (C=O) groups excluding carboxylic acids is 2. The molecule has 2 aromatic heterocycles. The first-order chi connectivity index (χ1) is 10.6. The number of rotatable bonds is 2. The minimum absolute atomic E-state index is 0.0686. The van der Waals surface area contributed by atoms with Gasteiger partial charge < -0.3 is 14.3 Å². The molecule has 0 aliphatic carbocycles. The largest absolute Gasteiger partial charge is 0.361 e. The van der Waals surface area contributed by atoms with E-state index >= 15 is 0 Å². The van der Waals surface area contributed by atoms with Crippen LogP contribution in [0.15, 0.2) is 27.4 Å². The predicted molar refractivity (Wildman–Crippen MR) is 80.9 cm³/mol. The van der Waals surface area contributed by atoms with Gasteiger partial charge in [0.1, 0.15) is 5.76 Å². The maximum atomic E-state index is 12.6. The van der Waals surface area contributed by atoms with E-state index in [0.717, 1.165) is 12.1 Å². The van der Waals surface area contributed by atoms with Gasteiger partial charge in [0.25, 0.3) is 5.91 Å². The molecule has 4 rings (SSSR count). The Bertz CT molecular complexity index is 724. The molecule has 2 aliphatic heterocycles. The lowest BCUT2D eigenvalue weighted by molar-refractivity contribution is -0.117. The highest BCUT2D eigenvalue weighted by atomic mass is 32.1. The van der Waals surface area contributed by atoms with Crippen molar-refractivity contribution >= 4 is 28.8 Å². The predicted octanol–water partition coefficient (Wildman–Crippen LogP) is 2.06. The van der Waals surface area contributed by atoms with Crippen LogP contribution < -0.4 is 4.90 Å². The SMILES string of the molecule is Cc1cc(C(=O)N2CC[C@@H]3[C@@H]2CC(=O)N3c2ccsc2)no1. The van der Waals surface area contributed by atoms with Gasteiger partial charge in [0.2, 0.25) is 5.91 Å². The summed E-state index contributed by atoms with van der Waals surface area (Å²) in [5.74, 6) is 0.549. The fraction of sp³-hybridized carbons (Fsp3) is 0.400. The van der Waals surface area contributed by atoms with Crippen molar-refractivity contribution in [2.45, 2.75) is 31.8 Å². The second kappa shape index (κ2) is 4.95. The minimum Gasteiger partial charge on any atom is -0.361 e. The van der Waals surface area contributed by atoms with Gasteiger partial charge in [-0.25, -0.2) is 0 Å². The lowest BCUT2D eigenvalue weighted by atomic mass is 10.1. The molecule has 0 unspecified atom stereocenters. The highest BCUT2D eigenvalue weighted by Gasteiger charge is 2.49. The highest BCUT2D eigenvalue weighted by Crippen LogP contribution is 2.37. The zero-order valence-corrected chi connectivity index (χ0v) is 12.9. The summed E-state index contributed by atoms with van der Waals surface area (Å²) >= 11 is 1.57. The summed E-state index contributed by atoms with van der Waals surface area (Å²) in [5.41, 5.74) is 1.26. The molecule has 0 N–H and O–H groups in total. The van der Waals surface area contributed by atoms with E-state index < -0.39 is 0 Å². The van der Waals surface area contributed by atoms with Crippen molar-refractivity contribution in [2.24, 2.45) is 0 Å². The maximum Gasteiger partial charge on any atom is 0.276 e. The van der Waals surface area contributed by atoms with Crippen LogP contribution in [0.1, 0.15) is 29.1 Å². The average Bonchev–Trinajstić information content (AvgIpc) is 3.21. The summed E-state index contributed by atoms with van der Waals surface area (Å²) in [6.45, 7) is 2.40. The van der Waals surface area contributed by atoms with E-state index in [1.165, 1.54) is 0 Å². The van der Waals surface area contributed by atoms with Crippen LogP contribution >= 0.6 is 11.3 Å². The lowest BCUT2D eigenvalue weighted by Gasteiger charge is -2.24. The molecule has 0 spiro atoms. The highest BCUT2D eigenvalue weighted by molar-refractivity contribution is 7.08. The first-order valence-electron chi connectivity index (χ1n) is 7.23. The first kappa shape index (κ1) is 13.5. The summed E-state index contributed by atoms with van der Waals surface area (Å²) in [6.07, 6.45) is 1.18. The molecule has 0 bridgehead atoms. The summed E-state index contributed by atoms with van der Waals surface area (Å²) in [6, 6.07) is 3.59. The molecule has 0 radical (unpaired) electrons. The van der Waals surface area contributed by atoms with Crippen molar-refractivity contribution in [1.29, 1.82) is 0 Å². The Kier molecular flexibility index (Phi) is 3.04. The fourth-order valence-corrected chi connectivity index (χ4v) is 4.07. The molecule has 0 aromatic carbocycles. The summed E-state index contributed by atoms with van der Waals surface area (Å²) in [4.78, 5) is 28.6. The standard InChI is InChI=1S/C15H15N3O3S/c1-9-6-11(16-21-9)15(20)17-4-2-12-13(17)7-14(19)18(12)10-3-5-22-8-10/h3,5-6,8,12-13H,2,4,7H2,1H3/t12-,13+/m1/s1. The third-order valence-corrected chi connectivity index (χ3v) is 5.06. The van der Waals surface area contributed by atoms with E-state index in [1.807, 2.05) is 21.7 Å². The van der Waals surface area contributed by atoms with Gasteiger partial charge in [-0.05, 0) is 24.8 Å². The number of hydrogen-bond acceptors (Lipinski definition) is 5. The maximum absolute atomic E-state index is 12.6. The molecule has 2 fully saturated rings. The first-order valence-corrected chi connectivity index (χ1v) is 8.18. The molecule has 2 saturated heterocycles. The number of anilines is 1. The Balaban J connectivity index is 1.59. The van der Waals surface area contributed by atoms with E-state index in [9.17, 15) is 9.59 Å². The summed E-state index contributed by atoms with van der Waals surface area (Å²) in [5, 5.41) is 7.74. The Hall–Kier alpha value is -2.15. The molecule has 2 aliphatic rings. The number of thiophene rings is 1. The number of amides is 2. The molecule has 7 heteroatoms. The van der Waals surface area contributed by atoms with Crippen LogP contribution in [0.4, 0.5) is 5.69 Å². The lowest BCUT2D eigenvalue weighted by Crippen LogP contribution is -2.40. The molecule has 0 saturated carbocycles.